The normalized spacial score (nSPS) is 11.1. The minimum absolute atomic E-state index is 0.0784. The number of pyridine rings is 1. The molecule has 0 saturated heterocycles. The molecule has 0 aliphatic carbocycles. The summed E-state index contributed by atoms with van der Waals surface area (Å²) in [6.45, 7) is 0. The van der Waals surface area contributed by atoms with E-state index in [1.54, 1.807) is 23.5 Å². The highest BCUT2D eigenvalue weighted by Gasteiger charge is 2.17. The first-order valence-electron chi connectivity index (χ1n) is 6.93. The van der Waals surface area contributed by atoms with Crippen molar-refractivity contribution < 1.29 is 9.32 Å². The molecule has 0 fully saturated rings. The number of aromatic nitrogens is 1. The van der Waals surface area contributed by atoms with Crippen LogP contribution in [0.4, 0.5) is 5.69 Å². The summed E-state index contributed by atoms with van der Waals surface area (Å²) in [6, 6.07) is 16.7. The fourth-order valence-electron chi connectivity index (χ4n) is 2.70. The Morgan fingerprint density at radius 2 is 1.78 bits per heavy atom. The molecule has 112 valence electrons. The molecular weight excluding hydrogens is 328 g/mol. The molecule has 0 spiro atoms. The maximum absolute atomic E-state index is 10.8. The van der Waals surface area contributed by atoms with Crippen molar-refractivity contribution in [2.45, 2.75) is 4.21 Å². The minimum Gasteiger partial charge on any atom is -0.421 e. The van der Waals surface area contributed by atoms with E-state index >= 15 is 0 Å². The van der Waals surface area contributed by atoms with E-state index in [4.69, 9.17) is 12.6 Å². The molecule has 4 rings (SSSR count). The Kier molecular flexibility index (Phi) is 3.21. The van der Waals surface area contributed by atoms with Crippen LogP contribution in [-0.4, -0.2) is 4.92 Å². The van der Waals surface area contributed by atoms with E-state index in [2.05, 4.69) is 22.6 Å². The summed E-state index contributed by atoms with van der Waals surface area (Å²) in [4.78, 5) is 11.5. The number of non-ortho nitro benzene ring substituents is 1. The number of rotatable bonds is 2. The van der Waals surface area contributed by atoms with Crippen molar-refractivity contribution in [1.82, 2.24) is 0 Å². The first kappa shape index (κ1) is 14.0. The van der Waals surface area contributed by atoms with E-state index < -0.39 is 4.92 Å². The van der Waals surface area contributed by atoms with Gasteiger partial charge in [-0.15, -0.1) is 0 Å². The summed E-state index contributed by atoms with van der Waals surface area (Å²) in [6.07, 6.45) is 2.00. The predicted octanol–water partition coefficient (Wildman–Crippen LogP) is 4.12. The van der Waals surface area contributed by atoms with Gasteiger partial charge in [0.05, 0.1) is 4.92 Å². The maximum Gasteiger partial charge on any atom is 0.269 e. The zero-order valence-corrected chi connectivity index (χ0v) is 13.4. The van der Waals surface area contributed by atoms with E-state index in [1.165, 1.54) is 17.5 Å². The van der Waals surface area contributed by atoms with Crippen LogP contribution >= 0.6 is 11.3 Å². The standard InChI is InChI=1S/C17H10N2O2S2/c20-19(21)13-7-5-12(6-8-13)15-17(22)23-16-14-4-2-1-3-11(14)9-10-18(15)16/h1-10H. The van der Waals surface area contributed by atoms with Gasteiger partial charge in [0.25, 0.3) is 5.69 Å². The molecule has 0 atom stereocenters. The maximum atomic E-state index is 10.8. The van der Waals surface area contributed by atoms with Gasteiger partial charge in [-0.1, -0.05) is 18.2 Å². The van der Waals surface area contributed by atoms with Gasteiger partial charge in [-0.3, -0.25) is 21.5 Å². The number of hydrogen-bond acceptors (Lipinski definition) is 4. The molecule has 2 heterocycles. The largest absolute Gasteiger partial charge is 0.421 e. The van der Waals surface area contributed by atoms with Crippen molar-refractivity contribution >= 4 is 45.3 Å². The Hall–Kier alpha value is -2.57. The lowest BCUT2D eigenvalue weighted by Crippen LogP contribution is -2.21. The summed E-state index contributed by atoms with van der Waals surface area (Å²) in [7, 11) is 0. The number of nitro benzene ring substituents is 1. The Morgan fingerprint density at radius 3 is 2.52 bits per heavy atom. The summed E-state index contributed by atoms with van der Waals surface area (Å²) in [5.74, 6) is 0. The Bertz CT molecular complexity index is 1060. The lowest BCUT2D eigenvalue weighted by molar-refractivity contribution is -0.495. The zero-order chi connectivity index (χ0) is 16.0. The van der Waals surface area contributed by atoms with Crippen LogP contribution in [0.1, 0.15) is 0 Å². The van der Waals surface area contributed by atoms with E-state index in [0.29, 0.717) is 0 Å². The zero-order valence-electron chi connectivity index (χ0n) is 11.8. The van der Waals surface area contributed by atoms with Gasteiger partial charge in [0.15, 0.2) is 11.0 Å². The topological polar surface area (TPSA) is 47.2 Å². The van der Waals surface area contributed by atoms with Crippen molar-refractivity contribution in [2.24, 2.45) is 0 Å². The Labute approximate surface area is 141 Å². The molecule has 2 aromatic carbocycles. The van der Waals surface area contributed by atoms with Gasteiger partial charge in [0.1, 0.15) is 0 Å². The molecular formula is C17H10N2O2S2. The van der Waals surface area contributed by atoms with Crippen LogP contribution in [0.2, 0.25) is 0 Å². The lowest BCUT2D eigenvalue weighted by atomic mass is 10.1. The van der Waals surface area contributed by atoms with Crippen LogP contribution in [-0.2, 0) is 12.6 Å². The third-order valence-electron chi connectivity index (χ3n) is 3.79. The van der Waals surface area contributed by atoms with Crippen LogP contribution in [0.25, 0.3) is 26.9 Å². The summed E-state index contributed by atoms with van der Waals surface area (Å²) in [5, 5.41) is 13.1. The molecule has 4 aromatic rings. The number of hydrogen-bond donors (Lipinski definition) is 0. The van der Waals surface area contributed by atoms with Crippen molar-refractivity contribution in [2.75, 3.05) is 0 Å². The Morgan fingerprint density at radius 1 is 1.04 bits per heavy atom. The molecule has 0 bridgehead atoms. The molecule has 0 amide bonds. The van der Waals surface area contributed by atoms with Gasteiger partial charge in [-0.05, 0) is 27.8 Å². The van der Waals surface area contributed by atoms with Crippen LogP contribution in [0.3, 0.4) is 0 Å². The fraction of sp³-hybridized carbons (Fsp3) is 0. The van der Waals surface area contributed by atoms with Crippen molar-refractivity contribution in [3.63, 3.8) is 0 Å². The molecule has 23 heavy (non-hydrogen) atoms. The lowest BCUT2D eigenvalue weighted by Gasteiger charge is -2.00. The summed E-state index contributed by atoms with van der Waals surface area (Å²) in [5.41, 5.74) is 1.86. The van der Waals surface area contributed by atoms with E-state index in [0.717, 1.165) is 25.7 Å². The highest BCUT2D eigenvalue weighted by molar-refractivity contribution is 7.63. The van der Waals surface area contributed by atoms with Crippen molar-refractivity contribution in [3.8, 4) is 11.3 Å². The van der Waals surface area contributed by atoms with Gasteiger partial charge < -0.3 is 12.6 Å². The number of benzene rings is 2. The number of nitrogens with zero attached hydrogens (tertiary/aromatic N) is 2. The second-order valence-corrected chi connectivity index (χ2v) is 6.79. The fourth-order valence-corrected chi connectivity index (χ4v) is 4.19. The number of thiazole rings is 1. The summed E-state index contributed by atoms with van der Waals surface area (Å²) < 4.78 is 2.84. The van der Waals surface area contributed by atoms with E-state index in [-0.39, 0.29) is 5.69 Å². The van der Waals surface area contributed by atoms with Gasteiger partial charge in [-0.25, -0.2) is 0 Å². The van der Waals surface area contributed by atoms with Crippen LogP contribution in [0.5, 0.6) is 0 Å². The molecule has 2 aromatic heterocycles. The number of fused-ring (bicyclic) bond motifs is 3. The van der Waals surface area contributed by atoms with E-state index in [9.17, 15) is 10.1 Å². The van der Waals surface area contributed by atoms with Gasteiger partial charge in [-0.2, -0.15) is 4.40 Å². The third kappa shape index (κ3) is 2.23. The molecule has 0 radical (unpaired) electrons. The van der Waals surface area contributed by atoms with Gasteiger partial charge in [0.2, 0.25) is 5.69 Å². The third-order valence-corrected chi connectivity index (χ3v) is 5.22. The second kappa shape index (κ2) is 5.26. The highest BCUT2D eigenvalue weighted by atomic mass is 32.2. The second-order valence-electron chi connectivity index (χ2n) is 5.12. The molecule has 0 unspecified atom stereocenters. The van der Waals surface area contributed by atoms with Gasteiger partial charge >= 0.3 is 0 Å². The molecule has 0 aliphatic rings. The average molecular weight is 338 g/mol. The van der Waals surface area contributed by atoms with Gasteiger partial charge in [0, 0.05) is 29.1 Å². The van der Waals surface area contributed by atoms with Crippen molar-refractivity contribution in [1.29, 1.82) is 0 Å². The quantitative estimate of drug-likeness (QED) is 0.239. The Balaban J connectivity index is 1.98. The number of nitro groups is 1. The monoisotopic (exact) mass is 338 g/mol. The highest BCUT2D eigenvalue weighted by Crippen LogP contribution is 2.31. The van der Waals surface area contributed by atoms with Crippen LogP contribution < -0.4 is 4.40 Å². The van der Waals surface area contributed by atoms with E-state index in [1.807, 2.05) is 18.3 Å². The minimum atomic E-state index is -0.398. The SMILES string of the molecule is O=[N+]([O-])c1ccc(-c2c([S-])sc3c4ccccc4cc[n+]23)cc1. The first-order chi connectivity index (χ1) is 11.1. The molecule has 6 heteroatoms. The van der Waals surface area contributed by atoms with Crippen LogP contribution in [0, 0.1) is 10.1 Å². The molecule has 0 saturated carbocycles. The molecule has 0 N–H and O–H groups in total. The molecule has 0 aliphatic heterocycles. The van der Waals surface area contributed by atoms with Crippen molar-refractivity contribution in [3.05, 3.63) is 70.9 Å². The average Bonchev–Trinajstić information content (AvgIpc) is 2.91. The summed E-state index contributed by atoms with van der Waals surface area (Å²) >= 11 is 7.10. The molecule has 4 nitrogen and oxygen atoms in total. The first-order valence-corrected chi connectivity index (χ1v) is 8.15. The predicted molar refractivity (Wildman–Crippen MR) is 92.7 cm³/mol. The van der Waals surface area contributed by atoms with Crippen LogP contribution in [0.15, 0.2) is 65.0 Å². The smallest absolute Gasteiger partial charge is 0.269 e.